The van der Waals surface area contributed by atoms with Crippen molar-refractivity contribution in [3.05, 3.63) is 0 Å². The summed E-state index contributed by atoms with van der Waals surface area (Å²) in [7, 11) is 0. The van der Waals surface area contributed by atoms with Crippen molar-refractivity contribution >= 4 is 5.97 Å². The smallest absolute Gasteiger partial charge is 0.324 e. The fraction of sp³-hybridized carbons (Fsp3) is 0.917. The third kappa shape index (κ3) is 3.76. The van der Waals surface area contributed by atoms with Crippen molar-refractivity contribution in [2.45, 2.75) is 33.2 Å². The van der Waals surface area contributed by atoms with Gasteiger partial charge < -0.3 is 15.4 Å². The highest BCUT2D eigenvalue weighted by molar-refractivity contribution is 5.75. The molecule has 0 saturated carbocycles. The molecule has 0 spiro atoms. The molecule has 2 unspecified atom stereocenters. The Morgan fingerprint density at radius 3 is 2.75 bits per heavy atom. The maximum absolute atomic E-state index is 11.4. The summed E-state index contributed by atoms with van der Waals surface area (Å²) in [6, 6.07) is -0.495. The Hall–Kier alpha value is -0.610. The van der Waals surface area contributed by atoms with E-state index in [-0.39, 0.29) is 5.97 Å². The van der Waals surface area contributed by atoms with Gasteiger partial charge in [-0.1, -0.05) is 13.8 Å². The van der Waals surface area contributed by atoms with Gasteiger partial charge in [-0.2, -0.15) is 0 Å². The molecular weight excluding hydrogens is 204 g/mol. The van der Waals surface area contributed by atoms with Crippen molar-refractivity contribution < 1.29 is 9.53 Å². The Morgan fingerprint density at radius 2 is 2.25 bits per heavy atom. The van der Waals surface area contributed by atoms with E-state index in [1.807, 2.05) is 0 Å². The van der Waals surface area contributed by atoms with E-state index in [9.17, 15) is 4.79 Å². The highest BCUT2D eigenvalue weighted by Crippen LogP contribution is 2.23. The van der Waals surface area contributed by atoms with Gasteiger partial charge in [0.1, 0.15) is 6.04 Å². The van der Waals surface area contributed by atoms with Crippen molar-refractivity contribution in [2.24, 2.45) is 17.6 Å². The van der Waals surface area contributed by atoms with E-state index in [1.54, 1.807) is 6.92 Å². The molecule has 0 aromatic carbocycles. The van der Waals surface area contributed by atoms with Gasteiger partial charge in [0.15, 0.2) is 0 Å². The SMILES string of the molecule is CCOC(=O)C(N)CN1CCC(C(C)C)C1. The number of carbonyl (C=O) groups excluding carboxylic acids is 1. The van der Waals surface area contributed by atoms with E-state index in [1.165, 1.54) is 6.42 Å². The average Bonchev–Trinajstić information content (AvgIpc) is 2.66. The number of rotatable bonds is 5. The van der Waals surface area contributed by atoms with Crippen LogP contribution in [0.15, 0.2) is 0 Å². The summed E-state index contributed by atoms with van der Waals surface area (Å²) in [5.41, 5.74) is 5.79. The van der Waals surface area contributed by atoms with Crippen molar-refractivity contribution in [3.63, 3.8) is 0 Å². The van der Waals surface area contributed by atoms with Crippen LogP contribution < -0.4 is 5.73 Å². The van der Waals surface area contributed by atoms with E-state index in [0.29, 0.717) is 19.1 Å². The van der Waals surface area contributed by atoms with E-state index in [0.717, 1.165) is 19.0 Å². The van der Waals surface area contributed by atoms with Crippen LogP contribution in [0.3, 0.4) is 0 Å². The van der Waals surface area contributed by atoms with E-state index < -0.39 is 6.04 Å². The van der Waals surface area contributed by atoms with Crippen LogP contribution in [0.5, 0.6) is 0 Å². The van der Waals surface area contributed by atoms with Crippen molar-refractivity contribution in [1.29, 1.82) is 0 Å². The number of ether oxygens (including phenoxy) is 1. The molecule has 94 valence electrons. The zero-order valence-corrected chi connectivity index (χ0v) is 10.6. The maximum Gasteiger partial charge on any atom is 0.324 e. The first-order valence-corrected chi connectivity index (χ1v) is 6.19. The van der Waals surface area contributed by atoms with Crippen LogP contribution >= 0.6 is 0 Å². The summed E-state index contributed by atoms with van der Waals surface area (Å²) < 4.78 is 4.90. The highest BCUT2D eigenvalue weighted by atomic mass is 16.5. The van der Waals surface area contributed by atoms with E-state index in [2.05, 4.69) is 18.7 Å². The number of nitrogens with zero attached hydrogens (tertiary/aromatic N) is 1. The minimum Gasteiger partial charge on any atom is -0.465 e. The van der Waals surface area contributed by atoms with E-state index >= 15 is 0 Å². The zero-order valence-electron chi connectivity index (χ0n) is 10.6. The van der Waals surface area contributed by atoms with Gasteiger partial charge in [-0.15, -0.1) is 0 Å². The Labute approximate surface area is 98.1 Å². The third-order valence-corrected chi connectivity index (χ3v) is 3.30. The zero-order chi connectivity index (χ0) is 12.1. The lowest BCUT2D eigenvalue weighted by atomic mass is 9.95. The molecule has 0 radical (unpaired) electrons. The molecule has 0 aliphatic carbocycles. The molecule has 1 saturated heterocycles. The van der Waals surface area contributed by atoms with Gasteiger partial charge in [0.2, 0.25) is 0 Å². The fourth-order valence-electron chi connectivity index (χ4n) is 2.17. The molecule has 4 nitrogen and oxygen atoms in total. The normalized spacial score (nSPS) is 23.7. The molecule has 1 aliphatic heterocycles. The Morgan fingerprint density at radius 1 is 1.56 bits per heavy atom. The van der Waals surface area contributed by atoms with Crippen LogP contribution in [0.25, 0.3) is 0 Å². The van der Waals surface area contributed by atoms with Gasteiger partial charge in [0, 0.05) is 13.1 Å². The molecule has 4 heteroatoms. The first-order chi connectivity index (χ1) is 7.54. The van der Waals surface area contributed by atoms with Gasteiger partial charge >= 0.3 is 5.97 Å². The molecule has 1 rings (SSSR count). The average molecular weight is 228 g/mol. The lowest BCUT2D eigenvalue weighted by molar-refractivity contribution is -0.145. The molecule has 1 aliphatic rings. The van der Waals surface area contributed by atoms with Crippen LogP contribution in [0, 0.1) is 11.8 Å². The molecule has 2 atom stereocenters. The number of nitrogens with two attached hydrogens (primary N) is 1. The lowest BCUT2D eigenvalue weighted by Gasteiger charge is -2.20. The standard InChI is InChI=1S/C12H24N2O2/c1-4-16-12(15)11(13)8-14-6-5-10(7-14)9(2)3/h9-11H,4-8,13H2,1-3H3. The lowest BCUT2D eigenvalue weighted by Crippen LogP contribution is -2.43. The second-order valence-corrected chi connectivity index (χ2v) is 4.91. The maximum atomic E-state index is 11.4. The second kappa shape index (κ2) is 6.21. The molecule has 0 amide bonds. The number of carbonyl (C=O) groups is 1. The van der Waals surface area contributed by atoms with Crippen LogP contribution in [0.2, 0.25) is 0 Å². The molecule has 16 heavy (non-hydrogen) atoms. The largest absolute Gasteiger partial charge is 0.465 e. The molecule has 1 fully saturated rings. The van der Waals surface area contributed by atoms with Crippen LogP contribution in [-0.4, -0.2) is 43.2 Å². The minimum absolute atomic E-state index is 0.282. The van der Waals surface area contributed by atoms with Gasteiger partial charge in [-0.25, -0.2) is 0 Å². The number of hydrogen-bond acceptors (Lipinski definition) is 4. The summed E-state index contributed by atoms with van der Waals surface area (Å²) in [4.78, 5) is 13.6. The topological polar surface area (TPSA) is 55.6 Å². The molecule has 0 bridgehead atoms. The van der Waals surface area contributed by atoms with Crippen molar-refractivity contribution in [3.8, 4) is 0 Å². The van der Waals surface area contributed by atoms with Crippen LogP contribution in [0.4, 0.5) is 0 Å². The molecule has 0 aromatic heterocycles. The van der Waals surface area contributed by atoms with Gasteiger partial charge in [-0.3, -0.25) is 4.79 Å². The van der Waals surface area contributed by atoms with Gasteiger partial charge in [0.25, 0.3) is 0 Å². The van der Waals surface area contributed by atoms with E-state index in [4.69, 9.17) is 10.5 Å². The quantitative estimate of drug-likeness (QED) is 0.709. The molecular formula is C12H24N2O2. The van der Waals surface area contributed by atoms with Crippen molar-refractivity contribution in [2.75, 3.05) is 26.2 Å². The highest BCUT2D eigenvalue weighted by Gasteiger charge is 2.27. The predicted octanol–water partition coefficient (Wildman–Crippen LogP) is 0.855. The van der Waals surface area contributed by atoms with Crippen LogP contribution in [0.1, 0.15) is 27.2 Å². The second-order valence-electron chi connectivity index (χ2n) is 4.91. The number of likely N-dealkylation sites (tertiary alicyclic amines) is 1. The summed E-state index contributed by atoms with van der Waals surface area (Å²) in [6.45, 7) is 9.44. The summed E-state index contributed by atoms with van der Waals surface area (Å²) in [6.07, 6.45) is 1.22. The third-order valence-electron chi connectivity index (χ3n) is 3.30. The van der Waals surface area contributed by atoms with Gasteiger partial charge in [0.05, 0.1) is 6.61 Å². The molecule has 2 N–H and O–H groups in total. The first-order valence-electron chi connectivity index (χ1n) is 6.19. The Balaban J connectivity index is 2.31. The Bertz CT molecular complexity index is 231. The minimum atomic E-state index is -0.495. The van der Waals surface area contributed by atoms with Crippen LogP contribution in [-0.2, 0) is 9.53 Å². The fourth-order valence-corrected chi connectivity index (χ4v) is 2.17. The molecule has 0 aromatic rings. The summed E-state index contributed by atoms with van der Waals surface area (Å²) in [5.74, 6) is 1.17. The number of esters is 1. The molecule has 1 heterocycles. The van der Waals surface area contributed by atoms with Crippen molar-refractivity contribution in [1.82, 2.24) is 4.90 Å². The number of hydrogen-bond donors (Lipinski definition) is 1. The monoisotopic (exact) mass is 228 g/mol. The summed E-state index contributed by atoms with van der Waals surface area (Å²) >= 11 is 0. The first kappa shape index (κ1) is 13.5. The Kier molecular flexibility index (Phi) is 5.22. The summed E-state index contributed by atoms with van der Waals surface area (Å²) in [5, 5.41) is 0. The van der Waals surface area contributed by atoms with Gasteiger partial charge in [-0.05, 0) is 31.7 Å². The predicted molar refractivity (Wildman–Crippen MR) is 64.0 cm³/mol.